The molecule has 0 saturated carbocycles. The topological polar surface area (TPSA) is 25.2 Å². The Hall–Kier alpha value is -5.34. The van der Waals surface area contributed by atoms with Gasteiger partial charge in [-0.1, -0.05) is 121 Å². The van der Waals surface area contributed by atoms with Gasteiger partial charge < -0.3 is 0 Å². The minimum absolute atomic E-state index is 0.247. The molecule has 0 radical (unpaired) electrons. The van der Waals surface area contributed by atoms with Gasteiger partial charge in [0.05, 0.1) is 0 Å². The molecule has 0 aliphatic carbocycles. The van der Waals surface area contributed by atoms with Crippen molar-refractivity contribution in [2.75, 3.05) is 0 Å². The lowest BCUT2D eigenvalue weighted by Crippen LogP contribution is -2.10. The van der Waals surface area contributed by atoms with Crippen LogP contribution in [0.25, 0.3) is 54.6 Å². The second-order valence-corrected chi connectivity index (χ2v) is 11.4. The maximum absolute atomic E-state index is 4.74. The van der Waals surface area contributed by atoms with Crippen molar-refractivity contribution in [2.45, 2.75) is 19.3 Å². The lowest BCUT2D eigenvalue weighted by atomic mass is 9.82. The van der Waals surface area contributed by atoms with Crippen LogP contribution >= 0.6 is 0 Å². The van der Waals surface area contributed by atoms with Crippen molar-refractivity contribution < 1.29 is 0 Å². The number of nitrogens with zero attached hydrogens (tertiary/aromatic N) is 2. The second kappa shape index (κ2) is 10.5. The van der Waals surface area contributed by atoms with E-state index in [1.54, 1.807) is 0 Å². The second-order valence-electron chi connectivity index (χ2n) is 11.4. The summed E-state index contributed by atoms with van der Waals surface area (Å²) in [5, 5.41) is 7.68. The highest BCUT2D eigenvalue weighted by molar-refractivity contribution is 6.23. The maximum atomic E-state index is 4.74. The van der Waals surface area contributed by atoms with Gasteiger partial charge in [0.15, 0.2) is 0 Å². The average Bonchev–Trinajstić information content (AvgIpc) is 3.08. The van der Waals surface area contributed by atoms with Crippen LogP contribution in [0.4, 0.5) is 0 Å². The first-order chi connectivity index (χ1) is 21.3. The summed E-state index contributed by atoms with van der Waals surface area (Å²) in [5.41, 5.74) is 9.96. The molecule has 0 saturated heterocycles. The van der Waals surface area contributed by atoms with Crippen molar-refractivity contribution >= 4 is 38.0 Å². The number of aromatic nitrogens is 1. The Morgan fingerprint density at radius 2 is 1.12 bits per heavy atom. The van der Waals surface area contributed by atoms with E-state index in [9.17, 15) is 0 Å². The van der Waals surface area contributed by atoms with Crippen molar-refractivity contribution in [1.82, 2.24) is 4.98 Å². The molecule has 204 valence electrons. The number of fused-ring (bicyclic) bond motifs is 3. The zero-order valence-electron chi connectivity index (χ0n) is 24.0. The average molecular weight is 551 g/mol. The fraction of sp³-hybridized carbons (Fsp3) is 0.0732. The van der Waals surface area contributed by atoms with E-state index in [4.69, 9.17) is 4.99 Å². The van der Waals surface area contributed by atoms with Crippen LogP contribution in [-0.4, -0.2) is 10.7 Å². The maximum Gasteiger partial charge on any atom is 0.0486 e. The van der Waals surface area contributed by atoms with Crippen LogP contribution in [0.2, 0.25) is 0 Å². The minimum atomic E-state index is 0.247. The molecular formula is C41H30N2. The minimum Gasteiger partial charge on any atom is -0.265 e. The SMILES string of the molecule is Cc1ccc(-c2c3ccccc3c(-c3ccc(C4C=CN=C(c5ccncc5)C4)c4ccccc34)c3ccccc23)cc1. The summed E-state index contributed by atoms with van der Waals surface area (Å²) in [7, 11) is 0. The molecule has 7 aromatic rings. The number of rotatable bonds is 4. The Balaban J connectivity index is 1.35. The van der Waals surface area contributed by atoms with Crippen LogP contribution in [0, 0.1) is 6.92 Å². The Bertz CT molecular complexity index is 2150. The van der Waals surface area contributed by atoms with E-state index in [2.05, 4.69) is 127 Å². The number of benzene rings is 6. The van der Waals surface area contributed by atoms with E-state index >= 15 is 0 Å². The van der Waals surface area contributed by atoms with Crippen molar-refractivity contribution in [3.63, 3.8) is 0 Å². The first-order valence-corrected chi connectivity index (χ1v) is 14.9. The van der Waals surface area contributed by atoms with E-state index in [0.29, 0.717) is 0 Å². The van der Waals surface area contributed by atoms with Crippen molar-refractivity contribution in [3.05, 3.63) is 163 Å². The van der Waals surface area contributed by atoms with E-state index < -0.39 is 0 Å². The number of aliphatic imine (C=N–C) groups is 1. The Labute approximate surface area is 251 Å². The summed E-state index contributed by atoms with van der Waals surface area (Å²) in [4.78, 5) is 8.93. The van der Waals surface area contributed by atoms with Crippen LogP contribution in [-0.2, 0) is 0 Å². The molecule has 43 heavy (non-hydrogen) atoms. The summed E-state index contributed by atoms with van der Waals surface area (Å²) in [6.45, 7) is 2.15. The highest BCUT2D eigenvalue weighted by Gasteiger charge is 2.22. The van der Waals surface area contributed by atoms with Gasteiger partial charge in [-0.15, -0.1) is 0 Å². The molecule has 6 aromatic carbocycles. The van der Waals surface area contributed by atoms with Gasteiger partial charge in [0.2, 0.25) is 0 Å². The number of allylic oxidation sites excluding steroid dienone is 1. The molecule has 2 nitrogen and oxygen atoms in total. The first-order valence-electron chi connectivity index (χ1n) is 14.9. The summed E-state index contributed by atoms with van der Waals surface area (Å²) >= 11 is 0. The predicted octanol–water partition coefficient (Wildman–Crippen LogP) is 10.7. The van der Waals surface area contributed by atoms with Gasteiger partial charge in [-0.2, -0.15) is 0 Å². The summed E-state index contributed by atoms with van der Waals surface area (Å²) in [5.74, 6) is 0.247. The quantitative estimate of drug-likeness (QED) is 0.200. The molecule has 1 unspecified atom stereocenters. The normalized spacial score (nSPS) is 14.8. The Kier molecular flexibility index (Phi) is 6.19. The molecule has 2 heterocycles. The van der Waals surface area contributed by atoms with Crippen molar-refractivity contribution in [1.29, 1.82) is 0 Å². The molecule has 0 amide bonds. The molecular weight excluding hydrogens is 520 g/mol. The number of hydrogen-bond donors (Lipinski definition) is 0. The van der Waals surface area contributed by atoms with Gasteiger partial charge in [-0.25, -0.2) is 0 Å². The van der Waals surface area contributed by atoms with Crippen molar-refractivity contribution in [2.24, 2.45) is 4.99 Å². The number of hydrogen-bond acceptors (Lipinski definition) is 2. The van der Waals surface area contributed by atoms with Gasteiger partial charge in [-0.05, 0) is 84.8 Å². The van der Waals surface area contributed by atoms with Crippen LogP contribution in [0.5, 0.6) is 0 Å². The zero-order chi connectivity index (χ0) is 28.8. The van der Waals surface area contributed by atoms with Gasteiger partial charge >= 0.3 is 0 Å². The molecule has 8 rings (SSSR count). The number of aryl methyl sites for hydroxylation is 1. The van der Waals surface area contributed by atoms with Gasteiger partial charge in [0.1, 0.15) is 0 Å². The van der Waals surface area contributed by atoms with E-state index in [1.165, 1.54) is 65.7 Å². The molecule has 0 fully saturated rings. The lowest BCUT2D eigenvalue weighted by molar-refractivity contribution is 0.883. The van der Waals surface area contributed by atoms with Crippen LogP contribution < -0.4 is 0 Å². The summed E-state index contributed by atoms with van der Waals surface area (Å²) in [6, 6.07) is 44.4. The third-order valence-corrected chi connectivity index (χ3v) is 8.87. The van der Waals surface area contributed by atoms with Crippen LogP contribution in [0.15, 0.2) is 151 Å². The third-order valence-electron chi connectivity index (χ3n) is 8.87. The monoisotopic (exact) mass is 550 g/mol. The van der Waals surface area contributed by atoms with E-state index in [0.717, 1.165) is 17.7 Å². The zero-order valence-corrected chi connectivity index (χ0v) is 24.0. The Morgan fingerprint density at radius 3 is 1.77 bits per heavy atom. The third kappa shape index (κ3) is 4.35. The van der Waals surface area contributed by atoms with E-state index in [-0.39, 0.29) is 5.92 Å². The molecule has 0 N–H and O–H groups in total. The predicted molar refractivity (Wildman–Crippen MR) is 182 cm³/mol. The van der Waals surface area contributed by atoms with Gasteiger partial charge in [0, 0.05) is 36.6 Å². The fourth-order valence-corrected chi connectivity index (χ4v) is 6.83. The van der Waals surface area contributed by atoms with Crippen LogP contribution in [0.1, 0.15) is 29.0 Å². The summed E-state index contributed by atoms with van der Waals surface area (Å²) in [6.07, 6.45) is 8.76. The van der Waals surface area contributed by atoms with Crippen molar-refractivity contribution in [3.8, 4) is 22.3 Å². The molecule has 1 aromatic heterocycles. The highest BCUT2D eigenvalue weighted by Crippen LogP contribution is 2.46. The molecule has 0 spiro atoms. The lowest BCUT2D eigenvalue weighted by Gasteiger charge is -2.22. The van der Waals surface area contributed by atoms with Gasteiger partial charge in [-0.3, -0.25) is 9.98 Å². The largest absolute Gasteiger partial charge is 0.265 e. The molecule has 2 heteroatoms. The smallest absolute Gasteiger partial charge is 0.0486 e. The standard InChI is InChI=1S/C41H30N2/c1-27-14-16-29(17-15-27)40-34-10-4-6-12-36(34)41(37-13-7-5-11-35(37)40)38-19-18-31(32-8-2-3-9-33(32)38)30-22-25-43-39(26-30)28-20-23-42-24-21-28/h2-25,30H,26H2,1H3. The highest BCUT2D eigenvalue weighted by atomic mass is 14.7. The van der Waals surface area contributed by atoms with Crippen LogP contribution in [0.3, 0.4) is 0 Å². The first kappa shape index (κ1) is 25.4. The fourth-order valence-electron chi connectivity index (χ4n) is 6.83. The van der Waals surface area contributed by atoms with Gasteiger partial charge in [0.25, 0.3) is 0 Å². The number of pyridine rings is 1. The molecule has 1 aliphatic rings. The Morgan fingerprint density at radius 1 is 0.535 bits per heavy atom. The summed E-state index contributed by atoms with van der Waals surface area (Å²) < 4.78 is 0. The molecule has 0 bridgehead atoms. The molecule has 1 atom stereocenters. The molecule has 1 aliphatic heterocycles. The van der Waals surface area contributed by atoms with E-state index in [1.807, 2.05) is 30.7 Å².